The van der Waals surface area contributed by atoms with Crippen LogP contribution in [0, 0.1) is 0 Å². The van der Waals surface area contributed by atoms with Gasteiger partial charge in [-0.2, -0.15) is 0 Å². The van der Waals surface area contributed by atoms with Crippen molar-refractivity contribution in [3.63, 3.8) is 0 Å². The highest BCUT2D eigenvalue weighted by molar-refractivity contribution is 7.09. The monoisotopic (exact) mass is 272 g/mol. The van der Waals surface area contributed by atoms with Crippen LogP contribution in [0.3, 0.4) is 0 Å². The first kappa shape index (κ1) is 11.7. The van der Waals surface area contributed by atoms with Crippen molar-refractivity contribution in [2.45, 2.75) is 13.0 Å². The molecule has 2 aromatic rings. The number of nitrogens with zero attached hydrogens (tertiary/aromatic N) is 1. The van der Waals surface area contributed by atoms with Crippen LogP contribution in [0.5, 0.6) is 0 Å². The SMILES string of the molecule is CC(Nc1cc(Cl)cc(Cl)c1)c1nccs1. The Morgan fingerprint density at radius 3 is 2.50 bits per heavy atom. The third kappa shape index (κ3) is 2.88. The lowest BCUT2D eigenvalue weighted by Gasteiger charge is -2.13. The molecule has 0 fully saturated rings. The second kappa shape index (κ2) is 5.04. The van der Waals surface area contributed by atoms with E-state index in [4.69, 9.17) is 23.2 Å². The fraction of sp³-hybridized carbons (Fsp3) is 0.182. The molecule has 1 atom stereocenters. The molecule has 16 heavy (non-hydrogen) atoms. The van der Waals surface area contributed by atoms with Gasteiger partial charge in [0, 0.05) is 27.3 Å². The summed E-state index contributed by atoms with van der Waals surface area (Å²) in [6.45, 7) is 2.05. The van der Waals surface area contributed by atoms with Crippen LogP contribution < -0.4 is 5.32 Å². The molecule has 0 aliphatic rings. The summed E-state index contributed by atoms with van der Waals surface area (Å²) < 4.78 is 0. The van der Waals surface area contributed by atoms with Gasteiger partial charge in [-0.1, -0.05) is 23.2 Å². The summed E-state index contributed by atoms with van der Waals surface area (Å²) in [7, 11) is 0. The highest BCUT2D eigenvalue weighted by Gasteiger charge is 2.08. The quantitative estimate of drug-likeness (QED) is 0.882. The Morgan fingerprint density at radius 2 is 1.94 bits per heavy atom. The van der Waals surface area contributed by atoms with Gasteiger partial charge in [0.2, 0.25) is 0 Å². The predicted octanol–water partition coefficient (Wildman–Crippen LogP) is 4.62. The van der Waals surface area contributed by atoms with E-state index in [1.807, 2.05) is 24.4 Å². The van der Waals surface area contributed by atoms with Gasteiger partial charge in [0.1, 0.15) is 5.01 Å². The first-order chi connectivity index (χ1) is 7.65. The van der Waals surface area contributed by atoms with E-state index in [9.17, 15) is 0 Å². The van der Waals surface area contributed by atoms with Crippen molar-refractivity contribution in [2.24, 2.45) is 0 Å². The minimum absolute atomic E-state index is 0.148. The van der Waals surface area contributed by atoms with E-state index >= 15 is 0 Å². The second-order valence-electron chi connectivity index (χ2n) is 3.39. The fourth-order valence-electron chi connectivity index (χ4n) is 1.40. The molecule has 1 heterocycles. The fourth-order valence-corrected chi connectivity index (χ4v) is 2.57. The average molecular weight is 273 g/mol. The van der Waals surface area contributed by atoms with E-state index in [2.05, 4.69) is 10.3 Å². The number of hydrogen-bond acceptors (Lipinski definition) is 3. The van der Waals surface area contributed by atoms with Crippen LogP contribution in [-0.2, 0) is 0 Å². The maximum absolute atomic E-state index is 5.92. The highest BCUT2D eigenvalue weighted by Crippen LogP contribution is 2.26. The largest absolute Gasteiger partial charge is 0.376 e. The third-order valence-electron chi connectivity index (χ3n) is 2.07. The average Bonchev–Trinajstić information content (AvgIpc) is 2.68. The summed E-state index contributed by atoms with van der Waals surface area (Å²) in [6.07, 6.45) is 1.79. The van der Waals surface area contributed by atoms with Gasteiger partial charge in [-0.25, -0.2) is 4.98 Å². The van der Waals surface area contributed by atoms with E-state index in [1.165, 1.54) is 0 Å². The first-order valence-electron chi connectivity index (χ1n) is 4.77. The van der Waals surface area contributed by atoms with E-state index < -0.39 is 0 Å². The van der Waals surface area contributed by atoms with Crippen molar-refractivity contribution in [3.8, 4) is 0 Å². The number of hydrogen-bond donors (Lipinski definition) is 1. The Labute approximate surface area is 108 Å². The molecule has 1 N–H and O–H groups in total. The molecule has 5 heteroatoms. The summed E-state index contributed by atoms with van der Waals surface area (Å²) in [5, 5.41) is 7.55. The van der Waals surface area contributed by atoms with Crippen LogP contribution in [0.4, 0.5) is 5.69 Å². The van der Waals surface area contributed by atoms with Gasteiger partial charge in [-0.05, 0) is 25.1 Å². The standard InChI is InChI=1S/C11H10Cl2N2S/c1-7(11-14-2-3-16-11)15-10-5-8(12)4-9(13)6-10/h2-7,15H,1H3. The normalized spacial score (nSPS) is 12.4. The van der Waals surface area contributed by atoms with Gasteiger partial charge in [0.05, 0.1) is 6.04 Å². The number of anilines is 1. The first-order valence-corrected chi connectivity index (χ1v) is 6.41. The molecule has 1 unspecified atom stereocenters. The van der Waals surface area contributed by atoms with E-state index in [-0.39, 0.29) is 6.04 Å². The van der Waals surface area contributed by atoms with Crippen molar-refractivity contribution < 1.29 is 0 Å². The Balaban J connectivity index is 2.15. The summed E-state index contributed by atoms with van der Waals surface area (Å²) in [4.78, 5) is 4.25. The van der Waals surface area contributed by atoms with Crippen LogP contribution >= 0.6 is 34.5 Å². The number of rotatable bonds is 3. The van der Waals surface area contributed by atoms with Gasteiger partial charge in [0.25, 0.3) is 0 Å². The summed E-state index contributed by atoms with van der Waals surface area (Å²) in [5.74, 6) is 0. The number of aromatic nitrogens is 1. The minimum Gasteiger partial charge on any atom is -0.376 e. The number of nitrogens with one attached hydrogen (secondary N) is 1. The molecule has 84 valence electrons. The van der Waals surface area contributed by atoms with Crippen LogP contribution in [0.1, 0.15) is 18.0 Å². The molecule has 2 rings (SSSR count). The Hall–Kier alpha value is -0.770. The van der Waals surface area contributed by atoms with Gasteiger partial charge in [0.15, 0.2) is 0 Å². The smallest absolute Gasteiger partial charge is 0.115 e. The number of benzene rings is 1. The zero-order chi connectivity index (χ0) is 11.5. The van der Waals surface area contributed by atoms with Crippen molar-refractivity contribution >= 4 is 40.2 Å². The molecule has 2 nitrogen and oxygen atoms in total. The van der Waals surface area contributed by atoms with Crippen LogP contribution in [0.25, 0.3) is 0 Å². The van der Waals surface area contributed by atoms with Crippen LogP contribution in [-0.4, -0.2) is 4.98 Å². The summed E-state index contributed by atoms with van der Waals surface area (Å²) >= 11 is 13.5. The molecule has 0 aliphatic heterocycles. The molecule has 0 aliphatic carbocycles. The zero-order valence-electron chi connectivity index (χ0n) is 8.58. The van der Waals surface area contributed by atoms with E-state index in [0.29, 0.717) is 10.0 Å². The lowest BCUT2D eigenvalue weighted by molar-refractivity contribution is 0.870. The van der Waals surface area contributed by atoms with Crippen molar-refractivity contribution in [3.05, 3.63) is 44.8 Å². The van der Waals surface area contributed by atoms with Gasteiger partial charge < -0.3 is 5.32 Å². The topological polar surface area (TPSA) is 24.9 Å². The Morgan fingerprint density at radius 1 is 1.25 bits per heavy atom. The molecule has 0 saturated carbocycles. The second-order valence-corrected chi connectivity index (χ2v) is 5.19. The minimum atomic E-state index is 0.148. The van der Waals surface area contributed by atoms with E-state index in [0.717, 1.165) is 10.7 Å². The van der Waals surface area contributed by atoms with Crippen LogP contribution in [0.15, 0.2) is 29.8 Å². The summed E-state index contributed by atoms with van der Waals surface area (Å²) in [6, 6.07) is 5.55. The van der Waals surface area contributed by atoms with Crippen molar-refractivity contribution in [1.29, 1.82) is 0 Å². The maximum Gasteiger partial charge on any atom is 0.115 e. The molecular formula is C11H10Cl2N2S. The third-order valence-corrected chi connectivity index (χ3v) is 3.46. The lowest BCUT2D eigenvalue weighted by Crippen LogP contribution is -2.05. The highest BCUT2D eigenvalue weighted by atomic mass is 35.5. The molecule has 0 amide bonds. The Kier molecular flexibility index (Phi) is 3.69. The number of thiazole rings is 1. The summed E-state index contributed by atoms with van der Waals surface area (Å²) in [5.41, 5.74) is 0.903. The van der Waals surface area contributed by atoms with Gasteiger partial charge in [-0.3, -0.25) is 0 Å². The molecule has 0 spiro atoms. The Bertz CT molecular complexity index is 451. The maximum atomic E-state index is 5.92. The van der Waals surface area contributed by atoms with Crippen molar-refractivity contribution in [1.82, 2.24) is 4.98 Å². The van der Waals surface area contributed by atoms with E-state index in [1.54, 1.807) is 23.6 Å². The molecule has 1 aromatic heterocycles. The molecule has 0 saturated heterocycles. The van der Waals surface area contributed by atoms with Crippen molar-refractivity contribution in [2.75, 3.05) is 5.32 Å². The lowest BCUT2D eigenvalue weighted by atomic mass is 10.2. The van der Waals surface area contributed by atoms with Crippen LogP contribution in [0.2, 0.25) is 10.0 Å². The molecule has 0 bridgehead atoms. The number of halogens is 2. The van der Waals surface area contributed by atoms with Gasteiger partial charge in [-0.15, -0.1) is 11.3 Å². The predicted molar refractivity (Wildman–Crippen MR) is 70.6 cm³/mol. The zero-order valence-corrected chi connectivity index (χ0v) is 10.9. The van der Waals surface area contributed by atoms with Gasteiger partial charge >= 0.3 is 0 Å². The molecule has 0 radical (unpaired) electrons. The molecule has 1 aromatic carbocycles. The molecular weight excluding hydrogens is 263 g/mol.